The highest BCUT2D eigenvalue weighted by Gasteiger charge is 2.42. The molecule has 2 fully saturated rings. The summed E-state index contributed by atoms with van der Waals surface area (Å²) in [4.78, 5) is 29.2. The Balaban J connectivity index is 0.00000243. The minimum Gasteiger partial charge on any atom is -0.340 e. The van der Waals surface area contributed by atoms with Crippen LogP contribution in [0.3, 0.4) is 0 Å². The van der Waals surface area contributed by atoms with Crippen molar-refractivity contribution in [2.75, 3.05) is 26.2 Å². The number of carbonyl (C=O) groups excluding carboxylic acids is 2. The van der Waals surface area contributed by atoms with Crippen molar-refractivity contribution in [3.63, 3.8) is 0 Å². The summed E-state index contributed by atoms with van der Waals surface area (Å²) in [6.07, 6.45) is 1.42. The van der Waals surface area contributed by atoms with Gasteiger partial charge < -0.3 is 15.5 Å². The molecule has 1 aromatic rings. The first-order valence-electron chi connectivity index (χ1n) is 9.36. The highest BCUT2D eigenvalue weighted by molar-refractivity contribution is 5.89. The summed E-state index contributed by atoms with van der Waals surface area (Å²) < 4.78 is 0. The van der Waals surface area contributed by atoms with Crippen molar-refractivity contribution in [3.05, 3.63) is 35.9 Å². The van der Waals surface area contributed by atoms with Gasteiger partial charge in [0.25, 0.3) is 0 Å². The molecule has 3 rings (SSSR count). The Morgan fingerprint density at radius 2 is 1.92 bits per heavy atom. The molecule has 2 aliphatic heterocycles. The highest BCUT2D eigenvalue weighted by atomic mass is 35.5. The highest BCUT2D eigenvalue weighted by Crippen LogP contribution is 2.33. The smallest absolute Gasteiger partial charge is 0.245 e. The van der Waals surface area contributed by atoms with Gasteiger partial charge in [0.1, 0.15) is 6.04 Å². The molecule has 1 aromatic carbocycles. The Morgan fingerprint density at radius 1 is 1.23 bits per heavy atom. The molecule has 2 N–H and O–H groups in total. The lowest BCUT2D eigenvalue weighted by molar-refractivity contribution is -0.144. The van der Waals surface area contributed by atoms with Crippen molar-refractivity contribution in [2.45, 2.75) is 38.6 Å². The largest absolute Gasteiger partial charge is 0.340 e. The third kappa shape index (κ3) is 4.04. The molecule has 2 aliphatic rings. The van der Waals surface area contributed by atoms with Crippen LogP contribution in [0.25, 0.3) is 0 Å². The first-order valence-corrected chi connectivity index (χ1v) is 9.36. The van der Waals surface area contributed by atoms with Crippen LogP contribution in [0.1, 0.15) is 38.2 Å². The maximum absolute atomic E-state index is 13.2. The first-order chi connectivity index (χ1) is 12.0. The van der Waals surface area contributed by atoms with Crippen molar-refractivity contribution in [2.24, 2.45) is 17.6 Å². The molecule has 0 aliphatic carbocycles. The lowest BCUT2D eigenvalue weighted by Crippen LogP contribution is -2.51. The average molecular weight is 380 g/mol. The van der Waals surface area contributed by atoms with Gasteiger partial charge in [-0.05, 0) is 30.4 Å². The molecule has 2 amide bonds. The van der Waals surface area contributed by atoms with E-state index in [2.05, 4.69) is 12.1 Å². The molecule has 2 heterocycles. The molecular weight excluding hydrogens is 350 g/mol. The summed E-state index contributed by atoms with van der Waals surface area (Å²) in [5.41, 5.74) is 7.24. The van der Waals surface area contributed by atoms with E-state index in [1.807, 2.05) is 36.9 Å². The van der Waals surface area contributed by atoms with Gasteiger partial charge in [0, 0.05) is 32.0 Å². The number of halogens is 1. The number of rotatable bonds is 5. The van der Waals surface area contributed by atoms with E-state index in [0.717, 1.165) is 6.42 Å². The van der Waals surface area contributed by atoms with Crippen molar-refractivity contribution in [1.29, 1.82) is 0 Å². The Hall–Kier alpha value is -1.59. The van der Waals surface area contributed by atoms with Crippen molar-refractivity contribution < 1.29 is 9.59 Å². The van der Waals surface area contributed by atoms with Gasteiger partial charge in [0.2, 0.25) is 11.8 Å². The molecule has 1 unspecified atom stereocenters. The molecule has 0 aromatic heterocycles. The average Bonchev–Trinajstić information content (AvgIpc) is 3.22. The maximum atomic E-state index is 13.2. The molecule has 2 saturated heterocycles. The Kier molecular flexibility index (Phi) is 7.07. The summed E-state index contributed by atoms with van der Waals surface area (Å²) >= 11 is 0. The van der Waals surface area contributed by atoms with Gasteiger partial charge in [0.15, 0.2) is 0 Å². The topological polar surface area (TPSA) is 66.6 Å². The van der Waals surface area contributed by atoms with Crippen LogP contribution in [0.15, 0.2) is 30.3 Å². The van der Waals surface area contributed by atoms with Crippen LogP contribution >= 0.6 is 12.4 Å². The van der Waals surface area contributed by atoms with Gasteiger partial charge >= 0.3 is 0 Å². The molecule has 26 heavy (non-hydrogen) atoms. The molecule has 0 spiro atoms. The van der Waals surface area contributed by atoms with Gasteiger partial charge in [-0.3, -0.25) is 9.59 Å². The predicted molar refractivity (Wildman–Crippen MR) is 105 cm³/mol. The monoisotopic (exact) mass is 379 g/mol. The van der Waals surface area contributed by atoms with Gasteiger partial charge in [-0.2, -0.15) is 0 Å². The fourth-order valence-corrected chi connectivity index (χ4v) is 4.30. The number of nitrogens with zero attached hydrogens (tertiary/aromatic N) is 2. The predicted octanol–water partition coefficient (Wildman–Crippen LogP) is 2.26. The van der Waals surface area contributed by atoms with Gasteiger partial charge in [-0.25, -0.2) is 0 Å². The normalized spacial score (nSPS) is 24.1. The molecule has 6 heteroatoms. The van der Waals surface area contributed by atoms with Gasteiger partial charge in [-0.15, -0.1) is 12.4 Å². The second-order valence-electron chi connectivity index (χ2n) is 7.64. The number of amides is 2. The van der Waals surface area contributed by atoms with Gasteiger partial charge in [0.05, 0.1) is 0 Å². The zero-order valence-corrected chi connectivity index (χ0v) is 16.5. The third-order valence-corrected chi connectivity index (χ3v) is 5.61. The van der Waals surface area contributed by atoms with Crippen LogP contribution in [0.2, 0.25) is 0 Å². The van der Waals surface area contributed by atoms with Crippen LogP contribution in [0, 0.1) is 11.8 Å². The SMILES string of the molecule is CC(C)C(C(=O)N1C[C@@H](CN)[C@H](c2ccccc2)C1)N1CCCC1=O.Cl. The fraction of sp³-hybridized carbons (Fsp3) is 0.600. The number of carbonyl (C=O) groups is 2. The Bertz CT molecular complexity index is 623. The van der Waals surface area contributed by atoms with Crippen LogP contribution in [-0.4, -0.2) is 53.8 Å². The summed E-state index contributed by atoms with van der Waals surface area (Å²) in [6.45, 7) is 6.69. The summed E-state index contributed by atoms with van der Waals surface area (Å²) in [5.74, 6) is 0.857. The number of hydrogen-bond donors (Lipinski definition) is 1. The number of benzene rings is 1. The lowest BCUT2D eigenvalue weighted by atomic mass is 9.89. The zero-order valence-electron chi connectivity index (χ0n) is 15.6. The minimum absolute atomic E-state index is 0. The second kappa shape index (κ2) is 8.87. The van der Waals surface area contributed by atoms with E-state index < -0.39 is 0 Å². The molecule has 0 bridgehead atoms. The maximum Gasteiger partial charge on any atom is 0.245 e. The Morgan fingerprint density at radius 3 is 2.46 bits per heavy atom. The Labute approximate surface area is 162 Å². The summed E-state index contributed by atoms with van der Waals surface area (Å²) in [7, 11) is 0. The standard InChI is InChI=1S/C20H29N3O2.ClH/c1-14(2)19(23-10-6-9-18(23)24)20(25)22-12-16(11-21)17(13-22)15-7-4-3-5-8-15;/h3-5,7-8,14,16-17,19H,6,9-13,21H2,1-2H3;1H/t16-,17+,19?;/m1./s1. The van der Waals surface area contributed by atoms with E-state index in [1.54, 1.807) is 4.90 Å². The molecular formula is C20H30ClN3O2. The van der Waals surface area contributed by atoms with E-state index in [4.69, 9.17) is 5.73 Å². The van der Waals surface area contributed by atoms with Crippen LogP contribution in [0.5, 0.6) is 0 Å². The lowest BCUT2D eigenvalue weighted by Gasteiger charge is -2.33. The molecule has 0 saturated carbocycles. The summed E-state index contributed by atoms with van der Waals surface area (Å²) in [6, 6.07) is 9.96. The van der Waals surface area contributed by atoms with Crippen molar-refractivity contribution >= 4 is 24.2 Å². The number of likely N-dealkylation sites (tertiary alicyclic amines) is 2. The number of nitrogens with two attached hydrogens (primary N) is 1. The zero-order chi connectivity index (χ0) is 18.0. The van der Waals surface area contributed by atoms with E-state index in [9.17, 15) is 9.59 Å². The first kappa shape index (κ1) is 20.7. The summed E-state index contributed by atoms with van der Waals surface area (Å²) in [5, 5.41) is 0. The van der Waals surface area contributed by atoms with Crippen molar-refractivity contribution in [1.82, 2.24) is 9.80 Å². The van der Waals surface area contributed by atoms with Crippen LogP contribution < -0.4 is 5.73 Å². The van der Waals surface area contributed by atoms with Gasteiger partial charge in [-0.1, -0.05) is 44.2 Å². The molecule has 144 valence electrons. The van der Waals surface area contributed by atoms with E-state index in [-0.39, 0.29) is 48.0 Å². The third-order valence-electron chi connectivity index (χ3n) is 5.61. The van der Waals surface area contributed by atoms with E-state index in [0.29, 0.717) is 32.6 Å². The van der Waals surface area contributed by atoms with Crippen LogP contribution in [-0.2, 0) is 9.59 Å². The minimum atomic E-state index is -0.344. The fourth-order valence-electron chi connectivity index (χ4n) is 4.30. The molecule has 3 atom stereocenters. The molecule has 0 radical (unpaired) electrons. The van der Waals surface area contributed by atoms with Crippen molar-refractivity contribution in [3.8, 4) is 0 Å². The second-order valence-corrected chi connectivity index (χ2v) is 7.64. The van der Waals surface area contributed by atoms with E-state index >= 15 is 0 Å². The molecule has 5 nitrogen and oxygen atoms in total. The quantitative estimate of drug-likeness (QED) is 0.853. The number of hydrogen-bond acceptors (Lipinski definition) is 3. The van der Waals surface area contributed by atoms with Crippen LogP contribution in [0.4, 0.5) is 0 Å². The van der Waals surface area contributed by atoms with E-state index in [1.165, 1.54) is 5.56 Å².